The van der Waals surface area contributed by atoms with Gasteiger partial charge in [-0.15, -0.1) is 0 Å². The van der Waals surface area contributed by atoms with E-state index in [1.807, 2.05) is 44.3 Å². The van der Waals surface area contributed by atoms with Crippen LogP contribution < -0.4 is 4.90 Å². The number of hydrogen-bond acceptors (Lipinski definition) is 5. The highest BCUT2D eigenvalue weighted by molar-refractivity contribution is 6.30. The number of morpholine rings is 1. The van der Waals surface area contributed by atoms with Crippen molar-refractivity contribution in [3.05, 3.63) is 59.2 Å². The van der Waals surface area contributed by atoms with Gasteiger partial charge in [-0.3, -0.25) is 4.90 Å². The first-order valence-corrected chi connectivity index (χ1v) is 11.3. The maximum absolute atomic E-state index is 10.6. The number of aliphatic hydroxyl groups is 1. The van der Waals surface area contributed by atoms with E-state index in [0.717, 1.165) is 49.7 Å². The summed E-state index contributed by atoms with van der Waals surface area (Å²) < 4.78 is 6.12. The van der Waals surface area contributed by atoms with Crippen LogP contribution in [0.15, 0.2) is 48.7 Å². The summed E-state index contributed by atoms with van der Waals surface area (Å²) in [5.74, 6) is 1.06. The molecular formula is C24H32ClN3O2. The van der Waals surface area contributed by atoms with E-state index in [1.54, 1.807) is 0 Å². The number of rotatable bonds is 5. The highest BCUT2D eigenvalue weighted by Gasteiger charge is 2.40. The molecule has 1 N–H and O–H groups in total. The lowest BCUT2D eigenvalue weighted by Crippen LogP contribution is -2.61. The molecular weight excluding hydrogens is 398 g/mol. The van der Waals surface area contributed by atoms with Crippen molar-refractivity contribution >= 4 is 17.4 Å². The molecule has 0 bridgehead atoms. The lowest BCUT2D eigenvalue weighted by Gasteiger charge is -2.49. The quantitative estimate of drug-likeness (QED) is 0.783. The average Bonchev–Trinajstić information content (AvgIpc) is 2.76. The third-order valence-corrected chi connectivity index (χ3v) is 6.67. The zero-order valence-corrected chi connectivity index (χ0v) is 18.6. The molecule has 6 heteroatoms. The van der Waals surface area contributed by atoms with Gasteiger partial charge in [0, 0.05) is 42.9 Å². The van der Waals surface area contributed by atoms with Crippen molar-refractivity contribution in [2.45, 2.75) is 56.9 Å². The number of pyridine rings is 1. The Kier molecular flexibility index (Phi) is 6.63. The monoisotopic (exact) mass is 429 g/mol. The van der Waals surface area contributed by atoms with Crippen molar-refractivity contribution in [2.24, 2.45) is 0 Å². The molecule has 2 aromatic rings. The minimum absolute atomic E-state index is 0.173. The molecule has 2 saturated heterocycles. The minimum atomic E-state index is -0.849. The molecule has 30 heavy (non-hydrogen) atoms. The second-order valence-corrected chi connectivity index (χ2v) is 9.50. The summed E-state index contributed by atoms with van der Waals surface area (Å²) >= 11 is 6.07. The lowest BCUT2D eigenvalue weighted by molar-refractivity contribution is -0.154. The van der Waals surface area contributed by atoms with Crippen LogP contribution in [0.25, 0.3) is 0 Å². The van der Waals surface area contributed by atoms with Gasteiger partial charge in [0.25, 0.3) is 0 Å². The first-order valence-electron chi connectivity index (χ1n) is 10.9. The van der Waals surface area contributed by atoms with Crippen LogP contribution in [0.2, 0.25) is 5.02 Å². The topological polar surface area (TPSA) is 48.8 Å². The van der Waals surface area contributed by atoms with Gasteiger partial charge in [-0.05, 0) is 62.9 Å². The molecule has 5 nitrogen and oxygen atoms in total. The number of halogens is 1. The van der Waals surface area contributed by atoms with E-state index >= 15 is 0 Å². The fourth-order valence-corrected chi connectivity index (χ4v) is 4.75. The molecule has 1 aromatic carbocycles. The first-order chi connectivity index (χ1) is 14.4. The van der Waals surface area contributed by atoms with Gasteiger partial charge in [-0.1, -0.05) is 29.8 Å². The molecule has 0 saturated carbocycles. The molecule has 2 aliphatic heterocycles. The van der Waals surface area contributed by atoms with E-state index in [9.17, 15) is 5.11 Å². The van der Waals surface area contributed by atoms with Crippen LogP contribution >= 0.6 is 11.6 Å². The number of aromatic nitrogens is 1. The summed E-state index contributed by atoms with van der Waals surface area (Å²) in [6.07, 6.45) is 4.79. The van der Waals surface area contributed by atoms with Crippen molar-refractivity contribution < 1.29 is 9.84 Å². The highest BCUT2D eigenvalue weighted by atomic mass is 35.5. The fourth-order valence-electron chi connectivity index (χ4n) is 4.63. The number of benzene rings is 1. The Balaban J connectivity index is 1.46. The summed E-state index contributed by atoms with van der Waals surface area (Å²) in [4.78, 5) is 9.48. The standard InChI is InChI=1S/C24H32ClN3O2/c1-24(2,29)22-16-28(21(17-30-22)15-18-6-8-19(25)9-7-18)20-10-13-27(14-11-20)23-5-3-4-12-26-23/h3-9,12,20-22,29H,10-11,13-17H2,1-2H3/t21-,22?/m0/s1. The predicted molar refractivity (Wildman–Crippen MR) is 121 cm³/mol. The van der Waals surface area contributed by atoms with Gasteiger partial charge in [-0.2, -0.15) is 0 Å². The van der Waals surface area contributed by atoms with Crippen LogP contribution in [0.1, 0.15) is 32.3 Å². The summed E-state index contributed by atoms with van der Waals surface area (Å²) in [5.41, 5.74) is 0.420. The molecule has 2 atom stereocenters. The smallest absolute Gasteiger partial charge is 0.128 e. The fraction of sp³-hybridized carbons (Fsp3) is 0.542. The summed E-state index contributed by atoms with van der Waals surface area (Å²) in [7, 11) is 0. The van der Waals surface area contributed by atoms with Gasteiger partial charge in [-0.25, -0.2) is 4.98 Å². The van der Waals surface area contributed by atoms with E-state index in [0.29, 0.717) is 18.7 Å². The Morgan fingerprint density at radius 1 is 1.13 bits per heavy atom. The van der Waals surface area contributed by atoms with E-state index in [-0.39, 0.29) is 6.10 Å². The summed E-state index contributed by atoms with van der Waals surface area (Å²) in [6.45, 7) is 7.09. The van der Waals surface area contributed by atoms with Gasteiger partial charge < -0.3 is 14.7 Å². The Labute approximate surface area is 184 Å². The first kappa shape index (κ1) is 21.6. The van der Waals surface area contributed by atoms with Gasteiger partial charge in [0.15, 0.2) is 0 Å². The Bertz CT molecular complexity index is 801. The molecule has 0 spiro atoms. The van der Waals surface area contributed by atoms with Gasteiger partial charge >= 0.3 is 0 Å². The zero-order valence-electron chi connectivity index (χ0n) is 17.9. The zero-order chi connectivity index (χ0) is 21.1. The average molecular weight is 430 g/mol. The van der Waals surface area contributed by atoms with Crippen LogP contribution in [0.4, 0.5) is 5.82 Å². The van der Waals surface area contributed by atoms with E-state index < -0.39 is 5.60 Å². The van der Waals surface area contributed by atoms with Crippen molar-refractivity contribution in [3.8, 4) is 0 Å². The molecule has 3 heterocycles. The number of anilines is 1. The van der Waals surface area contributed by atoms with E-state index in [2.05, 4.69) is 33.0 Å². The van der Waals surface area contributed by atoms with Crippen molar-refractivity contribution in [1.29, 1.82) is 0 Å². The summed E-state index contributed by atoms with van der Waals surface area (Å²) in [6, 6.07) is 15.0. The van der Waals surface area contributed by atoms with Crippen LogP contribution in [0.3, 0.4) is 0 Å². The Hall–Kier alpha value is -1.66. The largest absolute Gasteiger partial charge is 0.388 e. The summed E-state index contributed by atoms with van der Waals surface area (Å²) in [5, 5.41) is 11.3. The number of piperidine rings is 1. The second kappa shape index (κ2) is 9.23. The molecule has 1 aromatic heterocycles. The number of hydrogen-bond donors (Lipinski definition) is 1. The maximum Gasteiger partial charge on any atom is 0.128 e. The third kappa shape index (κ3) is 5.14. The minimum Gasteiger partial charge on any atom is -0.388 e. The van der Waals surface area contributed by atoms with Crippen molar-refractivity contribution in [3.63, 3.8) is 0 Å². The van der Waals surface area contributed by atoms with Crippen LogP contribution in [-0.4, -0.2) is 65.0 Å². The SMILES string of the molecule is CC(C)(O)C1CN(C2CCN(c3ccccn3)CC2)[C@@H](Cc2ccc(Cl)cc2)CO1. The number of ether oxygens (including phenoxy) is 1. The van der Waals surface area contributed by atoms with Gasteiger partial charge in [0.2, 0.25) is 0 Å². The van der Waals surface area contributed by atoms with Gasteiger partial charge in [0.05, 0.1) is 18.3 Å². The maximum atomic E-state index is 10.6. The Morgan fingerprint density at radius 3 is 2.50 bits per heavy atom. The lowest BCUT2D eigenvalue weighted by atomic mass is 9.92. The highest BCUT2D eigenvalue weighted by Crippen LogP contribution is 2.29. The third-order valence-electron chi connectivity index (χ3n) is 6.41. The molecule has 2 aliphatic rings. The molecule has 162 valence electrons. The van der Waals surface area contributed by atoms with Gasteiger partial charge in [0.1, 0.15) is 5.82 Å². The molecule has 0 amide bonds. The van der Waals surface area contributed by atoms with Crippen molar-refractivity contribution in [1.82, 2.24) is 9.88 Å². The van der Waals surface area contributed by atoms with Crippen LogP contribution in [-0.2, 0) is 11.2 Å². The molecule has 4 rings (SSSR count). The number of nitrogens with zero attached hydrogens (tertiary/aromatic N) is 3. The molecule has 2 fully saturated rings. The molecule has 1 unspecified atom stereocenters. The predicted octanol–water partition coefficient (Wildman–Crippen LogP) is 3.79. The molecule has 0 radical (unpaired) electrons. The van der Waals surface area contributed by atoms with E-state index in [1.165, 1.54) is 5.56 Å². The van der Waals surface area contributed by atoms with E-state index in [4.69, 9.17) is 16.3 Å². The van der Waals surface area contributed by atoms with Crippen LogP contribution in [0, 0.1) is 0 Å². The second-order valence-electron chi connectivity index (χ2n) is 9.06. The normalized spacial score (nSPS) is 24.2. The van der Waals surface area contributed by atoms with Crippen molar-refractivity contribution in [2.75, 3.05) is 31.1 Å². The Morgan fingerprint density at radius 2 is 1.87 bits per heavy atom. The molecule has 0 aliphatic carbocycles. The van der Waals surface area contributed by atoms with Crippen LogP contribution in [0.5, 0.6) is 0 Å².